The summed E-state index contributed by atoms with van der Waals surface area (Å²) in [6.07, 6.45) is 4.17. The number of carbonyl (C=O) groups excluding carboxylic acids is 1. The number of carbonyl (C=O) groups is 1. The van der Waals surface area contributed by atoms with Crippen molar-refractivity contribution in [1.82, 2.24) is 5.32 Å². The molecule has 2 aliphatic rings. The monoisotopic (exact) mass is 327 g/mol. The number of hydrogen-bond acceptors (Lipinski definition) is 2. The first-order valence-corrected chi connectivity index (χ1v) is 8.18. The average Bonchev–Trinajstić information content (AvgIpc) is 2.89. The summed E-state index contributed by atoms with van der Waals surface area (Å²) in [4.78, 5) is 11.5. The molecule has 1 aromatic rings. The van der Waals surface area contributed by atoms with Gasteiger partial charge in [0.15, 0.2) is 0 Å². The van der Waals surface area contributed by atoms with Crippen LogP contribution in [0.4, 0.5) is 0 Å². The van der Waals surface area contributed by atoms with E-state index in [1.807, 2.05) is 12.1 Å². The molecule has 0 spiro atoms. The van der Waals surface area contributed by atoms with Crippen LogP contribution in [-0.2, 0) is 9.53 Å². The van der Waals surface area contributed by atoms with E-state index in [4.69, 9.17) is 27.9 Å². The van der Waals surface area contributed by atoms with Gasteiger partial charge in [-0.25, -0.2) is 0 Å². The Hall–Kier alpha value is -0.770. The lowest BCUT2D eigenvalue weighted by Gasteiger charge is -2.39. The number of hydrogen-bond donors (Lipinski definition) is 1. The fourth-order valence-corrected chi connectivity index (χ4v) is 4.08. The fraction of sp³-hybridized carbons (Fsp3) is 0.562. The molecule has 114 valence electrons. The minimum atomic E-state index is -0.104. The zero-order valence-electron chi connectivity index (χ0n) is 11.9. The highest BCUT2D eigenvalue weighted by atomic mass is 35.5. The molecule has 4 atom stereocenters. The maximum Gasteiger partial charge on any atom is 0.217 e. The quantitative estimate of drug-likeness (QED) is 0.886. The number of nitrogens with one attached hydrogen (secondary N) is 1. The second kappa shape index (κ2) is 6.15. The molecule has 1 aromatic carbocycles. The highest BCUT2D eigenvalue weighted by Gasteiger charge is 2.42. The van der Waals surface area contributed by atoms with Crippen LogP contribution in [-0.4, -0.2) is 18.1 Å². The maximum atomic E-state index is 11.5. The molecule has 1 aliphatic carbocycles. The summed E-state index contributed by atoms with van der Waals surface area (Å²) in [6, 6.07) is 5.78. The molecule has 1 amide bonds. The van der Waals surface area contributed by atoms with Crippen LogP contribution in [0.25, 0.3) is 0 Å². The number of ether oxygens (including phenoxy) is 1. The van der Waals surface area contributed by atoms with Crippen LogP contribution in [0.2, 0.25) is 10.0 Å². The van der Waals surface area contributed by atoms with Crippen LogP contribution in [0, 0.1) is 5.92 Å². The molecule has 3 rings (SSSR count). The predicted octanol–water partition coefficient (Wildman–Crippen LogP) is 4.13. The van der Waals surface area contributed by atoms with Crippen LogP contribution in [0.1, 0.15) is 44.3 Å². The molecule has 3 nitrogen and oxygen atoms in total. The van der Waals surface area contributed by atoms with Gasteiger partial charge in [-0.05, 0) is 25.3 Å². The molecule has 0 bridgehead atoms. The van der Waals surface area contributed by atoms with Gasteiger partial charge in [-0.1, -0.05) is 41.8 Å². The Kier molecular flexibility index (Phi) is 4.43. The Morgan fingerprint density at radius 1 is 1.33 bits per heavy atom. The molecular formula is C16H19Cl2NO2. The summed E-state index contributed by atoms with van der Waals surface area (Å²) < 4.78 is 6.25. The van der Waals surface area contributed by atoms with E-state index in [0.29, 0.717) is 16.0 Å². The molecule has 0 aromatic heterocycles. The van der Waals surface area contributed by atoms with Crippen molar-refractivity contribution < 1.29 is 9.53 Å². The van der Waals surface area contributed by atoms with E-state index in [2.05, 4.69) is 5.32 Å². The van der Waals surface area contributed by atoms with Gasteiger partial charge >= 0.3 is 0 Å². The molecule has 0 unspecified atom stereocenters. The van der Waals surface area contributed by atoms with Crippen molar-refractivity contribution in [2.24, 2.45) is 5.92 Å². The zero-order chi connectivity index (χ0) is 15.0. The lowest BCUT2D eigenvalue weighted by molar-refractivity contribution is -0.124. The third kappa shape index (κ3) is 3.05. The Balaban J connectivity index is 1.86. The summed E-state index contributed by atoms with van der Waals surface area (Å²) >= 11 is 12.4. The zero-order valence-corrected chi connectivity index (χ0v) is 13.5. The van der Waals surface area contributed by atoms with Crippen molar-refractivity contribution in [3.05, 3.63) is 33.8 Å². The van der Waals surface area contributed by atoms with Gasteiger partial charge in [0.2, 0.25) is 5.91 Å². The molecule has 1 N–H and O–H groups in total. The lowest BCUT2D eigenvalue weighted by Crippen LogP contribution is -2.47. The normalized spacial score (nSPS) is 31.8. The van der Waals surface area contributed by atoms with Crippen LogP contribution in [0.5, 0.6) is 0 Å². The fourth-order valence-electron chi connectivity index (χ4n) is 3.65. The van der Waals surface area contributed by atoms with Crippen molar-refractivity contribution in [3.8, 4) is 0 Å². The highest BCUT2D eigenvalue weighted by molar-refractivity contribution is 6.42. The molecule has 1 aliphatic heterocycles. The van der Waals surface area contributed by atoms with Gasteiger partial charge in [-0.3, -0.25) is 4.79 Å². The molecule has 0 radical (unpaired) electrons. The summed E-state index contributed by atoms with van der Waals surface area (Å²) in [6.45, 7) is 1.57. The highest BCUT2D eigenvalue weighted by Crippen LogP contribution is 2.44. The Morgan fingerprint density at radius 3 is 2.90 bits per heavy atom. The maximum absolute atomic E-state index is 11.5. The second-order valence-electron chi connectivity index (χ2n) is 5.94. The van der Waals surface area contributed by atoms with E-state index in [9.17, 15) is 4.79 Å². The molecule has 1 saturated carbocycles. The minimum Gasteiger partial charge on any atom is -0.370 e. The number of amides is 1. The lowest BCUT2D eigenvalue weighted by atomic mass is 9.86. The molecule has 2 fully saturated rings. The van der Waals surface area contributed by atoms with E-state index < -0.39 is 0 Å². The third-order valence-electron chi connectivity index (χ3n) is 4.54. The Morgan fingerprint density at radius 2 is 2.14 bits per heavy atom. The summed E-state index contributed by atoms with van der Waals surface area (Å²) in [5.41, 5.74) is 0.921. The van der Waals surface area contributed by atoms with Crippen LogP contribution >= 0.6 is 23.2 Å². The second-order valence-corrected chi connectivity index (χ2v) is 6.73. The van der Waals surface area contributed by atoms with Crippen molar-refractivity contribution in [2.75, 3.05) is 0 Å². The molecule has 21 heavy (non-hydrogen) atoms. The molecule has 5 heteroatoms. The van der Waals surface area contributed by atoms with Gasteiger partial charge in [0.1, 0.15) is 0 Å². The van der Waals surface area contributed by atoms with Crippen molar-refractivity contribution in [1.29, 1.82) is 0 Å². The first-order chi connectivity index (χ1) is 10.1. The SMILES string of the molecule is CC(=O)N[C@@H]1C[C@H](c2cccc(Cl)c2Cl)O[C@@H]2CCC[C@@H]12. The summed E-state index contributed by atoms with van der Waals surface area (Å²) in [5.74, 6) is 0.437. The third-order valence-corrected chi connectivity index (χ3v) is 5.38. The topological polar surface area (TPSA) is 38.3 Å². The van der Waals surface area contributed by atoms with Crippen LogP contribution in [0.3, 0.4) is 0 Å². The number of fused-ring (bicyclic) bond motifs is 1. The van der Waals surface area contributed by atoms with Crippen LogP contribution in [0.15, 0.2) is 18.2 Å². The van der Waals surface area contributed by atoms with Crippen molar-refractivity contribution in [3.63, 3.8) is 0 Å². The van der Waals surface area contributed by atoms with Gasteiger partial charge in [0.05, 0.1) is 22.3 Å². The number of rotatable bonds is 2. The van der Waals surface area contributed by atoms with Gasteiger partial charge in [0.25, 0.3) is 0 Å². The Bertz CT molecular complexity index is 549. The molecule has 1 heterocycles. The van der Waals surface area contributed by atoms with Gasteiger partial charge in [-0.2, -0.15) is 0 Å². The molecule has 1 saturated heterocycles. The Labute approximate surface area is 135 Å². The minimum absolute atomic E-state index is 0.0171. The first kappa shape index (κ1) is 15.1. The largest absolute Gasteiger partial charge is 0.370 e. The predicted molar refractivity (Wildman–Crippen MR) is 83.6 cm³/mol. The number of halogens is 2. The van der Waals surface area contributed by atoms with E-state index in [1.165, 1.54) is 0 Å². The summed E-state index contributed by atoms with van der Waals surface area (Å²) in [7, 11) is 0. The van der Waals surface area contributed by atoms with E-state index in [-0.39, 0.29) is 24.2 Å². The van der Waals surface area contributed by atoms with E-state index >= 15 is 0 Å². The van der Waals surface area contributed by atoms with Crippen molar-refractivity contribution in [2.45, 2.75) is 50.9 Å². The van der Waals surface area contributed by atoms with Crippen LogP contribution < -0.4 is 5.32 Å². The molecular weight excluding hydrogens is 309 g/mol. The van der Waals surface area contributed by atoms with Gasteiger partial charge in [0, 0.05) is 24.4 Å². The van der Waals surface area contributed by atoms with Gasteiger partial charge < -0.3 is 10.1 Å². The first-order valence-electron chi connectivity index (χ1n) is 7.42. The standard InChI is InChI=1S/C16H19Cl2NO2/c1-9(20)19-13-8-15(21-14-7-3-4-10(13)14)11-5-2-6-12(17)16(11)18/h2,5-6,10,13-15H,3-4,7-8H2,1H3,(H,19,20)/t10-,13+,14+,15+/m0/s1. The smallest absolute Gasteiger partial charge is 0.217 e. The van der Waals surface area contributed by atoms with Crippen molar-refractivity contribution >= 4 is 29.1 Å². The van der Waals surface area contributed by atoms with E-state index in [0.717, 1.165) is 31.2 Å². The average molecular weight is 328 g/mol. The number of benzene rings is 1. The van der Waals surface area contributed by atoms with Gasteiger partial charge in [-0.15, -0.1) is 0 Å². The van der Waals surface area contributed by atoms with E-state index in [1.54, 1.807) is 13.0 Å². The summed E-state index contributed by atoms with van der Waals surface area (Å²) in [5, 5.41) is 4.19.